The van der Waals surface area contributed by atoms with E-state index in [0.29, 0.717) is 13.2 Å². The molecule has 1 aromatic carbocycles. The topological polar surface area (TPSA) is 27.7 Å². The summed E-state index contributed by atoms with van der Waals surface area (Å²) in [6, 6.07) is 10.2. The Morgan fingerprint density at radius 3 is 2.78 bits per heavy atom. The number of rotatable bonds is 6. The fraction of sp³-hybridized carbons (Fsp3) is 0.600. The Balaban J connectivity index is 1.88. The number of benzene rings is 1. The fourth-order valence-corrected chi connectivity index (χ4v) is 2.54. The first-order valence-electron chi connectivity index (χ1n) is 6.59. The van der Waals surface area contributed by atoms with E-state index < -0.39 is 0 Å². The minimum absolute atomic E-state index is 0.151. The second-order valence-corrected chi connectivity index (χ2v) is 4.76. The molecule has 2 unspecified atom stereocenters. The molecule has 2 rings (SSSR count). The molecule has 1 aliphatic heterocycles. The average Bonchev–Trinajstić information content (AvgIpc) is 2.83. The molecule has 1 fully saturated rings. The van der Waals surface area contributed by atoms with Crippen LogP contribution in [-0.2, 0) is 20.8 Å². The molecule has 1 aromatic rings. The van der Waals surface area contributed by atoms with Crippen molar-refractivity contribution < 1.29 is 14.2 Å². The van der Waals surface area contributed by atoms with Crippen LogP contribution in [0.4, 0.5) is 0 Å². The predicted molar refractivity (Wildman–Crippen MR) is 70.5 cm³/mol. The minimum Gasteiger partial charge on any atom is -0.378 e. The first-order valence-corrected chi connectivity index (χ1v) is 6.59. The van der Waals surface area contributed by atoms with Crippen LogP contribution in [0.25, 0.3) is 0 Å². The van der Waals surface area contributed by atoms with Gasteiger partial charge in [-0.2, -0.15) is 0 Å². The van der Waals surface area contributed by atoms with Crippen molar-refractivity contribution in [3.63, 3.8) is 0 Å². The molecule has 0 bridgehead atoms. The molecule has 18 heavy (non-hydrogen) atoms. The molecule has 3 heteroatoms. The zero-order chi connectivity index (χ0) is 12.8. The maximum Gasteiger partial charge on any atom is 0.117 e. The van der Waals surface area contributed by atoms with E-state index in [9.17, 15) is 0 Å². The highest BCUT2D eigenvalue weighted by molar-refractivity contribution is 5.13. The van der Waals surface area contributed by atoms with Gasteiger partial charge in [0.15, 0.2) is 0 Å². The molecule has 1 saturated heterocycles. The van der Waals surface area contributed by atoms with Crippen LogP contribution in [0, 0.1) is 0 Å². The highest BCUT2D eigenvalue weighted by Crippen LogP contribution is 2.32. The summed E-state index contributed by atoms with van der Waals surface area (Å²) in [5.74, 6) is 0. The van der Waals surface area contributed by atoms with Crippen molar-refractivity contribution >= 4 is 0 Å². The van der Waals surface area contributed by atoms with Gasteiger partial charge in [0.25, 0.3) is 0 Å². The maximum atomic E-state index is 5.88. The number of ether oxygens (including phenoxy) is 3. The Labute approximate surface area is 109 Å². The van der Waals surface area contributed by atoms with Crippen molar-refractivity contribution in [1.29, 1.82) is 0 Å². The summed E-state index contributed by atoms with van der Waals surface area (Å²) >= 11 is 0. The summed E-state index contributed by atoms with van der Waals surface area (Å²) in [4.78, 5) is 0. The average molecular weight is 250 g/mol. The Morgan fingerprint density at radius 1 is 1.33 bits per heavy atom. The Morgan fingerprint density at radius 2 is 2.11 bits per heavy atom. The SMILES string of the molecule is CCC1(COCc2ccccc2)OCCC1OC. The third-order valence-corrected chi connectivity index (χ3v) is 3.70. The highest BCUT2D eigenvalue weighted by Gasteiger charge is 2.43. The van der Waals surface area contributed by atoms with Crippen LogP contribution in [0.15, 0.2) is 30.3 Å². The molecule has 3 nitrogen and oxygen atoms in total. The highest BCUT2D eigenvalue weighted by atomic mass is 16.6. The second kappa shape index (κ2) is 6.32. The van der Waals surface area contributed by atoms with E-state index >= 15 is 0 Å². The second-order valence-electron chi connectivity index (χ2n) is 4.76. The van der Waals surface area contributed by atoms with Crippen LogP contribution in [0.1, 0.15) is 25.3 Å². The van der Waals surface area contributed by atoms with Gasteiger partial charge in [0.1, 0.15) is 5.60 Å². The summed E-state index contributed by atoms with van der Waals surface area (Å²) in [7, 11) is 1.75. The number of hydrogen-bond donors (Lipinski definition) is 0. The van der Waals surface area contributed by atoms with Crippen molar-refractivity contribution in [1.82, 2.24) is 0 Å². The van der Waals surface area contributed by atoms with Crippen molar-refractivity contribution in [2.75, 3.05) is 20.3 Å². The van der Waals surface area contributed by atoms with Gasteiger partial charge >= 0.3 is 0 Å². The molecule has 0 N–H and O–H groups in total. The molecule has 1 aliphatic rings. The van der Waals surface area contributed by atoms with Crippen molar-refractivity contribution in [2.45, 2.75) is 38.1 Å². The lowest BCUT2D eigenvalue weighted by Crippen LogP contribution is -2.44. The fourth-order valence-electron chi connectivity index (χ4n) is 2.54. The summed E-state index contributed by atoms with van der Waals surface area (Å²) in [5.41, 5.74) is 0.930. The first-order chi connectivity index (χ1) is 8.80. The minimum atomic E-state index is -0.260. The Bertz CT molecular complexity index is 352. The molecule has 0 aromatic heterocycles. The van der Waals surface area contributed by atoms with Crippen LogP contribution in [0.2, 0.25) is 0 Å². The van der Waals surface area contributed by atoms with E-state index in [2.05, 4.69) is 19.1 Å². The van der Waals surface area contributed by atoms with Gasteiger partial charge in [0.2, 0.25) is 0 Å². The smallest absolute Gasteiger partial charge is 0.117 e. The molecule has 2 atom stereocenters. The molecular formula is C15H22O3. The van der Waals surface area contributed by atoms with Gasteiger partial charge < -0.3 is 14.2 Å². The lowest BCUT2D eigenvalue weighted by atomic mass is 9.94. The van der Waals surface area contributed by atoms with Gasteiger partial charge in [-0.1, -0.05) is 37.3 Å². The largest absolute Gasteiger partial charge is 0.378 e. The van der Waals surface area contributed by atoms with E-state index in [4.69, 9.17) is 14.2 Å². The zero-order valence-corrected chi connectivity index (χ0v) is 11.2. The van der Waals surface area contributed by atoms with Gasteiger partial charge in [-0.15, -0.1) is 0 Å². The van der Waals surface area contributed by atoms with Gasteiger partial charge in [-0.3, -0.25) is 0 Å². The van der Waals surface area contributed by atoms with E-state index in [1.807, 2.05) is 18.2 Å². The summed E-state index contributed by atoms with van der Waals surface area (Å²) in [6.07, 6.45) is 2.03. The van der Waals surface area contributed by atoms with Crippen molar-refractivity contribution in [3.8, 4) is 0 Å². The first kappa shape index (κ1) is 13.5. The van der Waals surface area contributed by atoms with Crippen molar-refractivity contribution in [3.05, 3.63) is 35.9 Å². The lowest BCUT2D eigenvalue weighted by Gasteiger charge is -2.32. The molecule has 0 spiro atoms. The molecule has 0 amide bonds. The molecule has 0 radical (unpaired) electrons. The predicted octanol–water partition coefficient (Wildman–Crippen LogP) is 2.79. The molecule has 1 heterocycles. The van der Waals surface area contributed by atoms with E-state index in [1.54, 1.807) is 7.11 Å². The van der Waals surface area contributed by atoms with Gasteiger partial charge in [-0.25, -0.2) is 0 Å². The van der Waals surface area contributed by atoms with E-state index in [-0.39, 0.29) is 11.7 Å². The number of methoxy groups -OCH3 is 1. The quantitative estimate of drug-likeness (QED) is 0.777. The summed E-state index contributed by atoms with van der Waals surface area (Å²) in [6.45, 7) is 4.11. The standard InChI is InChI=1S/C15H22O3/c1-3-15(14(16-2)9-10-18-15)12-17-11-13-7-5-4-6-8-13/h4-8,14H,3,9-12H2,1-2H3. The molecule has 0 aliphatic carbocycles. The van der Waals surface area contributed by atoms with Crippen LogP contribution >= 0.6 is 0 Å². The van der Waals surface area contributed by atoms with Crippen LogP contribution < -0.4 is 0 Å². The Hall–Kier alpha value is -0.900. The van der Waals surface area contributed by atoms with Gasteiger partial charge in [0.05, 0.1) is 25.9 Å². The monoisotopic (exact) mass is 250 g/mol. The lowest BCUT2D eigenvalue weighted by molar-refractivity contribution is -0.122. The van der Waals surface area contributed by atoms with Crippen LogP contribution in [-0.4, -0.2) is 32.0 Å². The molecule has 0 saturated carbocycles. The summed E-state index contributed by atoms with van der Waals surface area (Å²) < 4.78 is 17.2. The Kier molecular flexibility index (Phi) is 4.75. The van der Waals surface area contributed by atoms with Gasteiger partial charge in [0, 0.05) is 7.11 Å². The van der Waals surface area contributed by atoms with Gasteiger partial charge in [-0.05, 0) is 18.4 Å². The third kappa shape index (κ3) is 2.91. The molecule has 100 valence electrons. The normalized spacial score (nSPS) is 27.6. The van der Waals surface area contributed by atoms with E-state index in [0.717, 1.165) is 19.4 Å². The third-order valence-electron chi connectivity index (χ3n) is 3.70. The van der Waals surface area contributed by atoms with Crippen LogP contribution in [0.3, 0.4) is 0 Å². The van der Waals surface area contributed by atoms with Crippen LogP contribution in [0.5, 0.6) is 0 Å². The zero-order valence-electron chi connectivity index (χ0n) is 11.2. The maximum absolute atomic E-state index is 5.88. The summed E-state index contributed by atoms with van der Waals surface area (Å²) in [5, 5.41) is 0. The van der Waals surface area contributed by atoms with Crippen molar-refractivity contribution in [2.24, 2.45) is 0 Å². The molecular weight excluding hydrogens is 228 g/mol. The van der Waals surface area contributed by atoms with E-state index in [1.165, 1.54) is 5.56 Å². The number of hydrogen-bond acceptors (Lipinski definition) is 3.